The SMILES string of the molecule is CCCCCCCCCCCCCC[C@@H](O)[C@@H](O)[C@H](CO)NC(=O)CCCCCCCCCCCC. The molecule has 0 aliphatic heterocycles. The van der Waals surface area contributed by atoms with Gasteiger partial charge in [-0.05, 0) is 12.8 Å². The summed E-state index contributed by atoms with van der Waals surface area (Å²) in [6, 6.07) is -0.798. The van der Waals surface area contributed by atoms with Crippen molar-refractivity contribution in [3.8, 4) is 0 Å². The second kappa shape index (κ2) is 27.4. The Morgan fingerprint density at radius 1 is 0.583 bits per heavy atom. The molecule has 0 saturated carbocycles. The van der Waals surface area contributed by atoms with Gasteiger partial charge in [-0.1, -0.05) is 149 Å². The van der Waals surface area contributed by atoms with Crippen molar-refractivity contribution in [3.63, 3.8) is 0 Å². The third kappa shape index (κ3) is 22.5. The highest BCUT2D eigenvalue weighted by atomic mass is 16.3. The zero-order valence-corrected chi connectivity index (χ0v) is 24.2. The molecule has 5 nitrogen and oxygen atoms in total. The number of hydrogen-bond acceptors (Lipinski definition) is 4. The molecule has 0 fully saturated rings. The van der Waals surface area contributed by atoms with E-state index in [-0.39, 0.29) is 12.5 Å². The maximum Gasteiger partial charge on any atom is 0.220 e. The summed E-state index contributed by atoms with van der Waals surface area (Å²) in [5, 5.41) is 33.1. The van der Waals surface area contributed by atoms with Gasteiger partial charge in [-0.25, -0.2) is 0 Å². The van der Waals surface area contributed by atoms with Crippen LogP contribution in [0.15, 0.2) is 0 Å². The van der Waals surface area contributed by atoms with Crippen molar-refractivity contribution < 1.29 is 20.1 Å². The molecule has 0 heterocycles. The largest absolute Gasteiger partial charge is 0.394 e. The zero-order chi connectivity index (χ0) is 26.7. The van der Waals surface area contributed by atoms with E-state index in [4.69, 9.17) is 0 Å². The van der Waals surface area contributed by atoms with Crippen molar-refractivity contribution in [1.82, 2.24) is 5.32 Å². The van der Waals surface area contributed by atoms with Crippen LogP contribution in [0.25, 0.3) is 0 Å². The number of rotatable bonds is 28. The molecule has 3 atom stereocenters. The minimum Gasteiger partial charge on any atom is -0.394 e. The highest BCUT2D eigenvalue weighted by molar-refractivity contribution is 5.76. The molecule has 0 bridgehead atoms. The van der Waals surface area contributed by atoms with E-state index >= 15 is 0 Å². The average molecular weight is 514 g/mol. The van der Waals surface area contributed by atoms with E-state index in [0.717, 1.165) is 38.5 Å². The molecule has 4 N–H and O–H groups in total. The summed E-state index contributed by atoms with van der Waals surface area (Å²) < 4.78 is 0. The zero-order valence-electron chi connectivity index (χ0n) is 24.2. The predicted molar refractivity (Wildman–Crippen MR) is 153 cm³/mol. The molecule has 0 rings (SSSR count). The van der Waals surface area contributed by atoms with Gasteiger partial charge in [0.2, 0.25) is 5.91 Å². The van der Waals surface area contributed by atoms with Crippen LogP contribution in [0.2, 0.25) is 0 Å². The molecule has 216 valence electrons. The first-order valence-corrected chi connectivity index (χ1v) is 15.8. The van der Waals surface area contributed by atoms with Gasteiger partial charge in [0.05, 0.1) is 18.8 Å². The number of aliphatic hydroxyl groups is 3. The number of carbonyl (C=O) groups excluding carboxylic acids is 1. The van der Waals surface area contributed by atoms with Crippen LogP contribution in [0.4, 0.5) is 0 Å². The second-order valence-electron chi connectivity index (χ2n) is 11.0. The third-order valence-electron chi connectivity index (χ3n) is 7.46. The van der Waals surface area contributed by atoms with E-state index in [1.165, 1.54) is 103 Å². The van der Waals surface area contributed by atoms with E-state index in [9.17, 15) is 20.1 Å². The second-order valence-corrected chi connectivity index (χ2v) is 11.0. The Balaban J connectivity index is 3.74. The smallest absolute Gasteiger partial charge is 0.220 e. The number of unbranched alkanes of at least 4 members (excludes halogenated alkanes) is 20. The Morgan fingerprint density at radius 2 is 0.944 bits per heavy atom. The summed E-state index contributed by atoms with van der Waals surface area (Å²) in [7, 11) is 0. The Kier molecular flexibility index (Phi) is 26.9. The van der Waals surface area contributed by atoms with Crippen LogP contribution in [-0.2, 0) is 4.79 Å². The number of hydrogen-bond donors (Lipinski definition) is 4. The molecule has 0 saturated heterocycles. The summed E-state index contributed by atoms with van der Waals surface area (Å²) >= 11 is 0. The fourth-order valence-corrected chi connectivity index (χ4v) is 4.92. The van der Waals surface area contributed by atoms with E-state index in [0.29, 0.717) is 12.8 Å². The normalized spacial score (nSPS) is 14.0. The Morgan fingerprint density at radius 3 is 1.33 bits per heavy atom. The summed E-state index contributed by atoms with van der Waals surface area (Å²) in [6.07, 6.45) is 26.1. The molecule has 0 spiro atoms. The molecule has 0 aromatic heterocycles. The summed E-state index contributed by atoms with van der Waals surface area (Å²) in [6.45, 7) is 4.13. The van der Waals surface area contributed by atoms with Crippen LogP contribution in [0.1, 0.15) is 168 Å². The molecule has 0 aliphatic rings. The van der Waals surface area contributed by atoms with Crippen molar-refractivity contribution in [2.75, 3.05) is 6.61 Å². The van der Waals surface area contributed by atoms with Gasteiger partial charge in [0.25, 0.3) is 0 Å². The topological polar surface area (TPSA) is 89.8 Å². The van der Waals surface area contributed by atoms with Gasteiger partial charge >= 0.3 is 0 Å². The minimum absolute atomic E-state index is 0.148. The molecule has 0 aliphatic carbocycles. The quantitative estimate of drug-likeness (QED) is 0.0811. The molecule has 36 heavy (non-hydrogen) atoms. The van der Waals surface area contributed by atoms with Crippen molar-refractivity contribution in [3.05, 3.63) is 0 Å². The van der Waals surface area contributed by atoms with Gasteiger partial charge < -0.3 is 20.6 Å². The van der Waals surface area contributed by atoms with E-state index in [1.807, 2.05) is 0 Å². The van der Waals surface area contributed by atoms with Crippen molar-refractivity contribution in [2.24, 2.45) is 0 Å². The number of aliphatic hydroxyl groups excluding tert-OH is 3. The third-order valence-corrected chi connectivity index (χ3v) is 7.46. The first kappa shape index (κ1) is 35.4. The van der Waals surface area contributed by atoms with Crippen molar-refractivity contribution >= 4 is 5.91 Å². The van der Waals surface area contributed by atoms with Gasteiger partial charge in [-0.15, -0.1) is 0 Å². The Labute approximate surface area is 224 Å². The molecule has 0 unspecified atom stereocenters. The summed E-state index contributed by atoms with van der Waals surface area (Å²) in [5.74, 6) is -0.148. The predicted octanol–water partition coefficient (Wildman–Crippen LogP) is 7.59. The fraction of sp³-hybridized carbons (Fsp3) is 0.968. The van der Waals surface area contributed by atoms with E-state index in [1.54, 1.807) is 0 Å². The van der Waals surface area contributed by atoms with Gasteiger partial charge in [0, 0.05) is 6.42 Å². The van der Waals surface area contributed by atoms with Gasteiger partial charge in [-0.2, -0.15) is 0 Å². The maximum absolute atomic E-state index is 12.2. The van der Waals surface area contributed by atoms with Crippen LogP contribution in [0.3, 0.4) is 0 Å². The lowest BCUT2D eigenvalue weighted by Gasteiger charge is -2.26. The summed E-state index contributed by atoms with van der Waals surface area (Å²) in [4.78, 5) is 12.2. The lowest BCUT2D eigenvalue weighted by molar-refractivity contribution is -0.124. The molecule has 0 aromatic rings. The summed E-state index contributed by atoms with van der Waals surface area (Å²) in [5.41, 5.74) is 0. The van der Waals surface area contributed by atoms with Crippen LogP contribution in [-0.4, -0.2) is 46.1 Å². The van der Waals surface area contributed by atoms with Crippen LogP contribution in [0, 0.1) is 0 Å². The van der Waals surface area contributed by atoms with Gasteiger partial charge in [0.15, 0.2) is 0 Å². The van der Waals surface area contributed by atoms with Crippen molar-refractivity contribution in [1.29, 1.82) is 0 Å². The lowest BCUT2D eigenvalue weighted by atomic mass is 9.99. The average Bonchev–Trinajstić information content (AvgIpc) is 2.88. The van der Waals surface area contributed by atoms with Gasteiger partial charge in [0.1, 0.15) is 6.10 Å². The number of carbonyl (C=O) groups is 1. The molecule has 0 aromatic carbocycles. The first-order valence-electron chi connectivity index (χ1n) is 15.8. The Hall–Kier alpha value is -0.650. The Bertz CT molecular complexity index is 460. The van der Waals surface area contributed by atoms with Crippen molar-refractivity contribution in [2.45, 2.75) is 186 Å². The molecule has 0 radical (unpaired) electrons. The monoisotopic (exact) mass is 513 g/mol. The molecular weight excluding hydrogens is 450 g/mol. The molecule has 5 heteroatoms. The maximum atomic E-state index is 12.2. The number of amides is 1. The highest BCUT2D eigenvalue weighted by Crippen LogP contribution is 2.15. The van der Waals surface area contributed by atoms with E-state index < -0.39 is 18.2 Å². The van der Waals surface area contributed by atoms with Crippen LogP contribution in [0.5, 0.6) is 0 Å². The number of nitrogens with one attached hydrogen (secondary N) is 1. The fourth-order valence-electron chi connectivity index (χ4n) is 4.92. The van der Waals surface area contributed by atoms with E-state index in [2.05, 4.69) is 19.2 Å². The molecule has 1 amide bonds. The van der Waals surface area contributed by atoms with Crippen LogP contribution < -0.4 is 5.32 Å². The standard InChI is InChI=1S/C31H63NO4/c1-3-5-7-9-11-13-15-16-17-19-21-23-25-29(34)31(36)28(27-33)32-30(35)26-24-22-20-18-14-12-10-8-6-4-2/h28-29,31,33-34,36H,3-27H2,1-2H3,(H,32,35)/t28-,29+,31-/m0/s1. The highest BCUT2D eigenvalue weighted by Gasteiger charge is 2.26. The van der Waals surface area contributed by atoms with Gasteiger partial charge in [-0.3, -0.25) is 4.79 Å². The minimum atomic E-state index is -1.13. The molecular formula is C31H63NO4. The first-order chi connectivity index (χ1) is 17.6. The lowest BCUT2D eigenvalue weighted by Crippen LogP contribution is -2.50. The van der Waals surface area contributed by atoms with Crippen LogP contribution >= 0.6 is 0 Å².